The quantitative estimate of drug-likeness (QED) is 0.450. The number of aromatic nitrogens is 1. The molecule has 4 rings (SSSR count). The van der Waals surface area contributed by atoms with Crippen molar-refractivity contribution in [3.05, 3.63) is 82.8 Å². The molecule has 1 fully saturated rings. The predicted molar refractivity (Wildman–Crippen MR) is 133 cm³/mol. The van der Waals surface area contributed by atoms with Gasteiger partial charge in [0.25, 0.3) is 0 Å². The van der Waals surface area contributed by atoms with Gasteiger partial charge in [0.2, 0.25) is 0 Å². The summed E-state index contributed by atoms with van der Waals surface area (Å²) in [6, 6.07) is 14.8. The zero-order valence-corrected chi connectivity index (χ0v) is 20.0. The fraction of sp³-hybridized carbons (Fsp3) is 0.310. The number of cyclic esters (lactones) is 1. The average molecular weight is 460 g/mol. The average Bonchev–Trinajstić information content (AvgIpc) is 2.78. The molecule has 176 valence electrons. The summed E-state index contributed by atoms with van der Waals surface area (Å²) >= 11 is 0. The zero-order valence-electron chi connectivity index (χ0n) is 20.0. The Bertz CT molecular complexity index is 1230. The summed E-state index contributed by atoms with van der Waals surface area (Å²) in [6.45, 7) is 8.31. The lowest BCUT2D eigenvalue weighted by Gasteiger charge is -2.24. The first kappa shape index (κ1) is 23.8. The summed E-state index contributed by atoms with van der Waals surface area (Å²) in [7, 11) is 0. The highest BCUT2D eigenvalue weighted by Gasteiger charge is 2.26. The van der Waals surface area contributed by atoms with Crippen molar-refractivity contribution in [3.8, 4) is 22.4 Å². The maximum absolute atomic E-state index is 13.7. The van der Waals surface area contributed by atoms with E-state index in [0.29, 0.717) is 6.42 Å². The van der Waals surface area contributed by atoms with E-state index in [4.69, 9.17) is 9.72 Å². The number of carbonyl (C=O) groups is 1. The molecule has 34 heavy (non-hydrogen) atoms. The predicted octanol–water partition coefficient (Wildman–Crippen LogP) is 6.37. The van der Waals surface area contributed by atoms with Gasteiger partial charge in [0.15, 0.2) is 0 Å². The van der Waals surface area contributed by atoms with Crippen LogP contribution in [0.3, 0.4) is 0 Å². The number of halogens is 1. The molecule has 1 aliphatic heterocycles. The van der Waals surface area contributed by atoms with Crippen LogP contribution in [0, 0.1) is 19.7 Å². The summed E-state index contributed by atoms with van der Waals surface area (Å²) in [5, 5.41) is 9.98. The van der Waals surface area contributed by atoms with Crippen LogP contribution in [0.4, 0.5) is 4.39 Å². The molecule has 0 saturated carbocycles. The summed E-state index contributed by atoms with van der Waals surface area (Å²) in [6.07, 6.45) is 2.91. The smallest absolute Gasteiger partial charge is 0.309 e. The Morgan fingerprint density at radius 2 is 1.82 bits per heavy atom. The lowest BCUT2D eigenvalue weighted by atomic mass is 9.91. The number of carbonyl (C=O) groups excluding carboxylic acids is 1. The monoisotopic (exact) mass is 459 g/mol. The second-order valence-corrected chi connectivity index (χ2v) is 9.32. The molecule has 3 aromatic rings. The minimum Gasteiger partial charge on any atom is -0.458 e. The summed E-state index contributed by atoms with van der Waals surface area (Å²) in [4.78, 5) is 16.8. The number of benzene rings is 2. The number of hydrogen-bond donors (Lipinski definition) is 1. The Morgan fingerprint density at radius 3 is 2.50 bits per heavy atom. The molecule has 1 aromatic heterocycles. The normalized spacial score (nSPS) is 18.5. The van der Waals surface area contributed by atoms with Gasteiger partial charge in [0.1, 0.15) is 11.9 Å². The highest BCUT2D eigenvalue weighted by molar-refractivity contribution is 5.81. The third-order valence-corrected chi connectivity index (χ3v) is 6.13. The van der Waals surface area contributed by atoms with Crippen molar-refractivity contribution in [1.82, 2.24) is 4.98 Å². The maximum atomic E-state index is 13.7. The van der Waals surface area contributed by atoms with Crippen LogP contribution >= 0.6 is 0 Å². The number of rotatable bonds is 5. The first-order chi connectivity index (χ1) is 16.2. The summed E-state index contributed by atoms with van der Waals surface area (Å²) in [5.41, 5.74) is 7.79. The highest BCUT2D eigenvalue weighted by atomic mass is 19.1. The molecule has 0 spiro atoms. The van der Waals surface area contributed by atoms with Crippen LogP contribution < -0.4 is 0 Å². The Balaban J connectivity index is 1.89. The molecule has 2 heterocycles. The van der Waals surface area contributed by atoms with Gasteiger partial charge >= 0.3 is 5.97 Å². The first-order valence-electron chi connectivity index (χ1n) is 11.7. The highest BCUT2D eigenvalue weighted by Crippen LogP contribution is 2.36. The number of ether oxygens (including phenoxy) is 1. The van der Waals surface area contributed by atoms with Gasteiger partial charge in [0.05, 0.1) is 23.9 Å². The molecule has 2 atom stereocenters. The standard InChI is InChI=1S/C29H30FNO3/c1-17(2)29-24(12-11-23-14-22(32)15-28(33)34-23)26(20-7-9-21(30)10-8-20)16-27(31-29)25-13-18(3)5-6-19(25)4/h5-13,16-17,22-23,32H,14-15H2,1-4H3/b12-11+/t22-,23-/m1/s1. The van der Waals surface area contributed by atoms with E-state index < -0.39 is 18.2 Å². The van der Waals surface area contributed by atoms with E-state index in [2.05, 4.69) is 45.9 Å². The maximum Gasteiger partial charge on any atom is 0.309 e. The molecule has 5 heteroatoms. The van der Waals surface area contributed by atoms with Gasteiger partial charge in [-0.05, 0) is 66.8 Å². The lowest BCUT2D eigenvalue weighted by molar-refractivity contribution is -0.156. The van der Waals surface area contributed by atoms with Gasteiger partial charge in [-0.25, -0.2) is 4.39 Å². The molecule has 0 amide bonds. The molecule has 0 bridgehead atoms. The third-order valence-electron chi connectivity index (χ3n) is 6.13. The Labute approximate surface area is 200 Å². The van der Waals surface area contributed by atoms with E-state index in [9.17, 15) is 14.3 Å². The minimum absolute atomic E-state index is 0.0223. The van der Waals surface area contributed by atoms with E-state index in [1.54, 1.807) is 12.1 Å². The summed E-state index contributed by atoms with van der Waals surface area (Å²) in [5.74, 6) is -0.583. The molecular weight excluding hydrogens is 429 g/mol. The Kier molecular flexibility index (Phi) is 6.94. The minimum atomic E-state index is -0.707. The number of aryl methyl sites for hydroxylation is 2. The van der Waals surface area contributed by atoms with Gasteiger partial charge < -0.3 is 9.84 Å². The fourth-order valence-corrected chi connectivity index (χ4v) is 4.34. The Morgan fingerprint density at radius 1 is 1.09 bits per heavy atom. The van der Waals surface area contributed by atoms with Crippen LogP contribution in [0.25, 0.3) is 28.5 Å². The largest absolute Gasteiger partial charge is 0.458 e. The second kappa shape index (κ2) is 9.90. The number of esters is 1. The van der Waals surface area contributed by atoms with E-state index in [1.807, 2.05) is 18.2 Å². The van der Waals surface area contributed by atoms with Crippen LogP contribution in [0.1, 0.15) is 55.0 Å². The van der Waals surface area contributed by atoms with Crippen LogP contribution in [-0.4, -0.2) is 28.3 Å². The van der Waals surface area contributed by atoms with Crippen molar-refractivity contribution in [2.75, 3.05) is 0 Å². The van der Waals surface area contributed by atoms with Crippen LogP contribution in [0.15, 0.2) is 54.6 Å². The zero-order chi connectivity index (χ0) is 24.4. The van der Waals surface area contributed by atoms with Crippen molar-refractivity contribution < 1.29 is 19.0 Å². The number of hydrogen-bond acceptors (Lipinski definition) is 4. The fourth-order valence-electron chi connectivity index (χ4n) is 4.34. The molecule has 4 nitrogen and oxygen atoms in total. The van der Waals surface area contributed by atoms with E-state index in [1.165, 1.54) is 12.1 Å². The van der Waals surface area contributed by atoms with Crippen molar-refractivity contribution >= 4 is 12.0 Å². The third kappa shape index (κ3) is 5.26. The van der Waals surface area contributed by atoms with Crippen LogP contribution in [-0.2, 0) is 9.53 Å². The van der Waals surface area contributed by atoms with E-state index >= 15 is 0 Å². The molecule has 0 unspecified atom stereocenters. The SMILES string of the molecule is Cc1ccc(C)c(-c2cc(-c3ccc(F)cc3)c(/C=C/[C@@H]3C[C@@H](O)CC(=O)O3)c(C(C)C)n2)c1. The van der Waals surface area contributed by atoms with E-state index in [-0.39, 0.29) is 18.2 Å². The van der Waals surface area contributed by atoms with Crippen molar-refractivity contribution in [3.63, 3.8) is 0 Å². The lowest BCUT2D eigenvalue weighted by Crippen LogP contribution is -2.31. The molecule has 1 N–H and O–H groups in total. The molecule has 0 aliphatic carbocycles. The number of aliphatic hydroxyl groups is 1. The number of pyridine rings is 1. The van der Waals surface area contributed by atoms with Gasteiger partial charge in [-0.2, -0.15) is 0 Å². The van der Waals surface area contributed by atoms with Crippen LogP contribution in [0.5, 0.6) is 0 Å². The van der Waals surface area contributed by atoms with Crippen molar-refractivity contribution in [2.24, 2.45) is 0 Å². The van der Waals surface area contributed by atoms with Crippen LogP contribution in [0.2, 0.25) is 0 Å². The van der Waals surface area contributed by atoms with Gasteiger partial charge in [-0.1, -0.05) is 49.8 Å². The molecule has 1 aliphatic rings. The first-order valence-corrected chi connectivity index (χ1v) is 11.7. The topological polar surface area (TPSA) is 59.4 Å². The van der Waals surface area contributed by atoms with Crippen molar-refractivity contribution in [1.29, 1.82) is 0 Å². The molecule has 1 saturated heterocycles. The summed E-state index contributed by atoms with van der Waals surface area (Å²) < 4.78 is 19.1. The van der Waals surface area contributed by atoms with Crippen molar-refractivity contribution in [2.45, 2.75) is 58.7 Å². The van der Waals surface area contributed by atoms with Gasteiger partial charge in [-0.3, -0.25) is 9.78 Å². The number of aliphatic hydroxyl groups excluding tert-OH is 1. The molecule has 2 aromatic carbocycles. The number of nitrogens with zero attached hydrogens (tertiary/aromatic N) is 1. The van der Waals surface area contributed by atoms with Gasteiger partial charge in [0, 0.05) is 17.5 Å². The van der Waals surface area contributed by atoms with Gasteiger partial charge in [-0.15, -0.1) is 0 Å². The Hall–Kier alpha value is -3.31. The van der Waals surface area contributed by atoms with E-state index in [0.717, 1.165) is 44.8 Å². The second-order valence-electron chi connectivity index (χ2n) is 9.32. The molecular formula is C29H30FNO3. The molecule has 0 radical (unpaired) electrons.